The van der Waals surface area contributed by atoms with E-state index in [2.05, 4.69) is 52.4 Å². The molecule has 0 atom stereocenters. The Kier molecular flexibility index (Phi) is 2.41. The highest BCUT2D eigenvalue weighted by Crippen LogP contribution is 2.42. The Morgan fingerprint density at radius 3 is 2.58 bits per heavy atom. The number of rotatable bonds is 2. The molecule has 0 radical (unpaired) electrons. The maximum absolute atomic E-state index is 4.12. The molecule has 0 unspecified atom stereocenters. The quantitative estimate of drug-likeness (QED) is 0.806. The highest BCUT2D eigenvalue weighted by atomic mass is 15.2. The van der Waals surface area contributed by atoms with Crippen LogP contribution < -0.4 is 4.90 Å². The zero-order valence-corrected chi connectivity index (χ0v) is 10.8. The minimum atomic E-state index is 0.681. The van der Waals surface area contributed by atoms with Gasteiger partial charge in [-0.25, -0.2) is 0 Å². The van der Waals surface area contributed by atoms with Crippen LogP contribution in [-0.2, 0) is 6.42 Å². The van der Waals surface area contributed by atoms with Gasteiger partial charge in [0.15, 0.2) is 0 Å². The Morgan fingerprint density at radius 1 is 1.00 bits per heavy atom. The van der Waals surface area contributed by atoms with Crippen molar-refractivity contribution in [2.75, 3.05) is 4.90 Å². The maximum Gasteiger partial charge on any atom is 0.0451 e. The first-order valence-electron chi connectivity index (χ1n) is 6.91. The molecular weight excluding hydrogens is 232 g/mol. The summed E-state index contributed by atoms with van der Waals surface area (Å²) >= 11 is 0. The van der Waals surface area contributed by atoms with E-state index in [1.54, 1.807) is 0 Å². The summed E-state index contributed by atoms with van der Waals surface area (Å²) in [6, 6.07) is 13.7. The van der Waals surface area contributed by atoms with Crippen molar-refractivity contribution >= 4 is 11.4 Å². The predicted molar refractivity (Wildman–Crippen MR) is 77.9 cm³/mol. The van der Waals surface area contributed by atoms with Crippen molar-refractivity contribution in [2.45, 2.75) is 25.3 Å². The van der Waals surface area contributed by atoms with Crippen molar-refractivity contribution in [3.05, 3.63) is 66.0 Å². The van der Waals surface area contributed by atoms with E-state index < -0.39 is 0 Å². The molecule has 0 amide bonds. The summed E-state index contributed by atoms with van der Waals surface area (Å²) in [5.41, 5.74) is 5.45. The molecule has 1 fully saturated rings. The van der Waals surface area contributed by atoms with Gasteiger partial charge in [-0.05, 0) is 43.0 Å². The van der Waals surface area contributed by atoms with E-state index in [1.807, 2.05) is 12.4 Å². The van der Waals surface area contributed by atoms with Gasteiger partial charge >= 0.3 is 0 Å². The van der Waals surface area contributed by atoms with Gasteiger partial charge in [-0.15, -0.1) is 0 Å². The third-order valence-electron chi connectivity index (χ3n) is 3.91. The molecule has 1 aromatic heterocycles. The second-order valence-corrected chi connectivity index (χ2v) is 5.26. The second-order valence-electron chi connectivity index (χ2n) is 5.26. The minimum absolute atomic E-state index is 0.681. The summed E-state index contributed by atoms with van der Waals surface area (Å²) in [5, 5.41) is 0. The summed E-state index contributed by atoms with van der Waals surface area (Å²) < 4.78 is 0. The van der Waals surface area contributed by atoms with Gasteiger partial charge in [-0.2, -0.15) is 0 Å². The second kappa shape index (κ2) is 4.23. The number of benzene rings is 1. The van der Waals surface area contributed by atoms with Crippen LogP contribution in [0.25, 0.3) is 5.70 Å². The molecule has 4 rings (SSSR count). The number of allylic oxidation sites excluding steroid dienone is 1. The van der Waals surface area contributed by atoms with Gasteiger partial charge in [0.25, 0.3) is 0 Å². The summed E-state index contributed by atoms with van der Waals surface area (Å²) in [4.78, 5) is 6.65. The van der Waals surface area contributed by atoms with E-state index in [0.717, 1.165) is 6.42 Å². The van der Waals surface area contributed by atoms with Gasteiger partial charge in [0, 0.05) is 35.4 Å². The van der Waals surface area contributed by atoms with E-state index in [0.29, 0.717) is 6.04 Å². The molecule has 1 aliphatic carbocycles. The molecule has 1 aliphatic heterocycles. The van der Waals surface area contributed by atoms with Crippen LogP contribution in [0.4, 0.5) is 5.69 Å². The van der Waals surface area contributed by atoms with Gasteiger partial charge in [-0.3, -0.25) is 4.98 Å². The van der Waals surface area contributed by atoms with Gasteiger partial charge in [-0.1, -0.05) is 24.3 Å². The Morgan fingerprint density at radius 2 is 1.79 bits per heavy atom. The Bertz CT molecular complexity index is 627. The number of para-hydroxylation sites is 1. The lowest BCUT2D eigenvalue weighted by atomic mass is 9.99. The van der Waals surface area contributed by atoms with Crippen molar-refractivity contribution in [2.24, 2.45) is 0 Å². The van der Waals surface area contributed by atoms with E-state index in [4.69, 9.17) is 0 Å². The van der Waals surface area contributed by atoms with Crippen LogP contribution in [0.15, 0.2) is 54.9 Å². The third kappa shape index (κ3) is 1.84. The van der Waals surface area contributed by atoms with Crippen molar-refractivity contribution in [3.63, 3.8) is 0 Å². The molecule has 0 bridgehead atoms. The smallest absolute Gasteiger partial charge is 0.0451 e. The van der Waals surface area contributed by atoms with Crippen LogP contribution in [0, 0.1) is 0 Å². The van der Waals surface area contributed by atoms with Gasteiger partial charge in [0.05, 0.1) is 0 Å². The monoisotopic (exact) mass is 248 g/mol. The molecule has 2 aromatic rings. The fourth-order valence-electron chi connectivity index (χ4n) is 2.86. The fourth-order valence-corrected chi connectivity index (χ4v) is 2.86. The van der Waals surface area contributed by atoms with Crippen molar-refractivity contribution in [1.82, 2.24) is 4.98 Å². The van der Waals surface area contributed by atoms with Crippen LogP contribution in [-0.4, -0.2) is 11.0 Å². The predicted octanol–water partition coefficient (Wildman–Crippen LogP) is 3.65. The minimum Gasteiger partial charge on any atom is -0.338 e. The molecule has 2 heteroatoms. The number of aromatic nitrogens is 1. The lowest BCUT2D eigenvalue weighted by Gasteiger charge is -2.33. The molecule has 0 spiro atoms. The van der Waals surface area contributed by atoms with Crippen LogP contribution in [0.2, 0.25) is 0 Å². The van der Waals surface area contributed by atoms with Crippen LogP contribution >= 0.6 is 0 Å². The van der Waals surface area contributed by atoms with Crippen molar-refractivity contribution in [3.8, 4) is 0 Å². The molecule has 1 saturated carbocycles. The summed E-state index contributed by atoms with van der Waals surface area (Å²) in [6.45, 7) is 0. The van der Waals surface area contributed by atoms with Crippen LogP contribution in [0.1, 0.15) is 24.0 Å². The first-order valence-corrected chi connectivity index (χ1v) is 6.91. The average molecular weight is 248 g/mol. The molecule has 19 heavy (non-hydrogen) atoms. The number of hydrogen-bond donors (Lipinski definition) is 0. The van der Waals surface area contributed by atoms with Crippen LogP contribution in [0.3, 0.4) is 0 Å². The first kappa shape index (κ1) is 10.8. The number of pyridine rings is 1. The van der Waals surface area contributed by atoms with E-state index in [9.17, 15) is 0 Å². The summed E-state index contributed by atoms with van der Waals surface area (Å²) in [6.07, 6.45) is 9.74. The van der Waals surface area contributed by atoms with E-state index >= 15 is 0 Å². The average Bonchev–Trinajstić information content (AvgIpc) is 3.31. The Balaban J connectivity index is 1.82. The molecule has 2 aliphatic rings. The number of fused-ring (bicyclic) bond motifs is 1. The fraction of sp³-hybridized carbons (Fsp3) is 0.235. The summed E-state index contributed by atoms with van der Waals surface area (Å²) in [5.74, 6) is 0. The topological polar surface area (TPSA) is 16.1 Å². The van der Waals surface area contributed by atoms with Gasteiger partial charge < -0.3 is 4.90 Å². The number of anilines is 1. The highest BCUT2D eigenvalue weighted by Gasteiger charge is 2.34. The number of hydrogen-bond acceptors (Lipinski definition) is 2. The van der Waals surface area contributed by atoms with Crippen molar-refractivity contribution < 1.29 is 0 Å². The molecular formula is C17H16N2. The standard InChI is InChI=1S/C17H16N2/c1-2-4-16-13(3-1)5-8-17(19(16)15-6-7-15)14-9-11-18-12-10-14/h1-4,8-12,15H,5-7H2. The first-order chi connectivity index (χ1) is 9.43. The highest BCUT2D eigenvalue weighted by molar-refractivity contribution is 5.84. The Labute approximate surface area is 113 Å². The zero-order chi connectivity index (χ0) is 12.7. The summed E-state index contributed by atoms with van der Waals surface area (Å²) in [7, 11) is 0. The third-order valence-corrected chi connectivity index (χ3v) is 3.91. The van der Waals surface area contributed by atoms with E-state index in [-0.39, 0.29) is 0 Å². The molecule has 0 N–H and O–H groups in total. The molecule has 94 valence electrons. The van der Waals surface area contributed by atoms with Gasteiger partial charge in [0.1, 0.15) is 0 Å². The molecule has 0 saturated heterocycles. The van der Waals surface area contributed by atoms with E-state index in [1.165, 1.54) is 35.4 Å². The van der Waals surface area contributed by atoms with Gasteiger partial charge in [0.2, 0.25) is 0 Å². The zero-order valence-electron chi connectivity index (χ0n) is 10.8. The Hall–Kier alpha value is -2.09. The molecule has 2 heterocycles. The number of nitrogens with zero attached hydrogens (tertiary/aromatic N) is 2. The molecule has 2 nitrogen and oxygen atoms in total. The van der Waals surface area contributed by atoms with Crippen LogP contribution in [0.5, 0.6) is 0 Å². The molecule has 1 aromatic carbocycles. The maximum atomic E-state index is 4.12. The SMILES string of the molecule is C1=C(c2ccncc2)N(C2CC2)c2ccccc2C1. The lowest BCUT2D eigenvalue weighted by Crippen LogP contribution is -2.27. The van der Waals surface area contributed by atoms with Crippen molar-refractivity contribution in [1.29, 1.82) is 0 Å². The normalized spacial score (nSPS) is 17.9. The lowest BCUT2D eigenvalue weighted by molar-refractivity contribution is 0.944. The largest absolute Gasteiger partial charge is 0.338 e.